The van der Waals surface area contributed by atoms with E-state index in [0.29, 0.717) is 28.7 Å². The molecule has 0 saturated heterocycles. The van der Waals surface area contributed by atoms with Crippen LogP contribution in [0.4, 0.5) is 0 Å². The van der Waals surface area contributed by atoms with Crippen LogP contribution in [0.1, 0.15) is 5.76 Å². The highest BCUT2D eigenvalue weighted by Gasteiger charge is 2.15. The number of nitrogens with zero attached hydrogens (tertiary/aromatic N) is 3. The summed E-state index contributed by atoms with van der Waals surface area (Å²) < 4.78 is 12.5. The quantitative estimate of drug-likeness (QED) is 0.748. The van der Waals surface area contributed by atoms with Crippen LogP contribution in [0.25, 0.3) is 17.2 Å². The van der Waals surface area contributed by atoms with Gasteiger partial charge in [0, 0.05) is 13.2 Å². The van der Waals surface area contributed by atoms with E-state index in [0.717, 1.165) is 5.69 Å². The minimum Gasteiger partial charge on any atom is -0.377 e. The molecule has 20 heavy (non-hydrogen) atoms. The molecule has 2 aromatic heterocycles. The molecule has 3 aromatic rings. The van der Waals surface area contributed by atoms with Crippen molar-refractivity contribution in [3.8, 4) is 17.2 Å². The molecule has 0 aliphatic rings. The maximum Gasteiger partial charge on any atom is 0.200 e. The Bertz CT molecular complexity index is 760. The molecule has 3 rings (SSSR count). The van der Waals surface area contributed by atoms with Crippen LogP contribution in [-0.2, 0) is 11.3 Å². The molecule has 102 valence electrons. The van der Waals surface area contributed by atoms with E-state index in [4.69, 9.17) is 21.5 Å². The summed E-state index contributed by atoms with van der Waals surface area (Å²) in [5.74, 6) is 1.24. The van der Waals surface area contributed by atoms with E-state index in [1.165, 1.54) is 0 Å². The Hall–Kier alpha value is -2.25. The van der Waals surface area contributed by atoms with Crippen molar-refractivity contribution in [2.75, 3.05) is 7.11 Å². The summed E-state index contributed by atoms with van der Waals surface area (Å²) in [6, 6.07) is 11.5. The number of para-hydroxylation sites is 1. The van der Waals surface area contributed by atoms with Crippen molar-refractivity contribution < 1.29 is 9.26 Å². The minimum absolute atomic E-state index is 0.365. The summed E-state index contributed by atoms with van der Waals surface area (Å²) in [5.41, 5.74) is 1.52. The van der Waals surface area contributed by atoms with Crippen LogP contribution in [0.3, 0.4) is 0 Å². The second kappa shape index (κ2) is 5.40. The molecule has 0 atom stereocenters. The van der Waals surface area contributed by atoms with Gasteiger partial charge in [0.15, 0.2) is 22.0 Å². The molecule has 1 N–H and O–H groups in total. The summed E-state index contributed by atoms with van der Waals surface area (Å²) in [4.78, 5) is 0. The Morgan fingerprint density at radius 3 is 2.90 bits per heavy atom. The summed E-state index contributed by atoms with van der Waals surface area (Å²) in [6.07, 6.45) is 0. The molecule has 0 amide bonds. The van der Waals surface area contributed by atoms with Crippen LogP contribution in [0.15, 0.2) is 40.9 Å². The first-order valence-corrected chi connectivity index (χ1v) is 6.38. The summed E-state index contributed by atoms with van der Waals surface area (Å²) >= 11 is 5.27. The molecule has 0 aliphatic heterocycles. The molecule has 0 fully saturated rings. The standard InChI is InChI=1S/C13H12N4O2S/c1-18-8-10-7-11(16-19-10)12-14-15-13(20)17(12)9-5-3-2-4-6-9/h2-7H,8H2,1H3,(H,15,20). The molecule has 0 aliphatic carbocycles. The van der Waals surface area contributed by atoms with E-state index in [9.17, 15) is 0 Å². The lowest BCUT2D eigenvalue weighted by Gasteiger charge is -2.03. The van der Waals surface area contributed by atoms with Gasteiger partial charge in [0.05, 0.1) is 5.69 Å². The van der Waals surface area contributed by atoms with Crippen molar-refractivity contribution in [3.63, 3.8) is 0 Å². The van der Waals surface area contributed by atoms with Gasteiger partial charge in [-0.2, -0.15) is 5.10 Å². The van der Waals surface area contributed by atoms with Gasteiger partial charge in [-0.15, -0.1) is 0 Å². The third-order valence-electron chi connectivity index (χ3n) is 2.76. The minimum atomic E-state index is 0.365. The van der Waals surface area contributed by atoms with Gasteiger partial charge in [0.25, 0.3) is 0 Å². The maximum absolute atomic E-state index is 5.27. The fourth-order valence-electron chi connectivity index (χ4n) is 1.91. The highest BCUT2D eigenvalue weighted by Crippen LogP contribution is 2.21. The van der Waals surface area contributed by atoms with Gasteiger partial charge in [-0.25, -0.2) is 0 Å². The maximum atomic E-state index is 5.27. The normalized spacial score (nSPS) is 10.8. The lowest BCUT2D eigenvalue weighted by molar-refractivity contribution is 0.156. The fraction of sp³-hybridized carbons (Fsp3) is 0.154. The number of nitrogens with one attached hydrogen (secondary N) is 1. The van der Waals surface area contributed by atoms with Gasteiger partial charge in [-0.3, -0.25) is 9.67 Å². The molecule has 0 bridgehead atoms. The van der Waals surface area contributed by atoms with E-state index in [2.05, 4.69) is 15.4 Å². The number of H-pyrrole nitrogens is 1. The van der Waals surface area contributed by atoms with Gasteiger partial charge < -0.3 is 9.26 Å². The van der Waals surface area contributed by atoms with Gasteiger partial charge in [0.1, 0.15) is 6.61 Å². The second-order valence-electron chi connectivity index (χ2n) is 4.13. The molecule has 0 spiro atoms. The zero-order chi connectivity index (χ0) is 13.9. The number of rotatable bonds is 4. The first-order valence-electron chi connectivity index (χ1n) is 5.97. The first kappa shape index (κ1) is 12.8. The Balaban J connectivity index is 2.09. The second-order valence-corrected chi connectivity index (χ2v) is 4.52. The third kappa shape index (κ3) is 2.28. The van der Waals surface area contributed by atoms with Crippen molar-refractivity contribution in [1.82, 2.24) is 19.9 Å². The van der Waals surface area contributed by atoms with Crippen LogP contribution >= 0.6 is 12.2 Å². The Kier molecular flexibility index (Phi) is 3.44. The number of methoxy groups -OCH3 is 1. The number of hydrogen-bond donors (Lipinski definition) is 1. The zero-order valence-corrected chi connectivity index (χ0v) is 11.6. The van der Waals surface area contributed by atoms with Crippen molar-refractivity contribution in [3.05, 3.63) is 46.9 Å². The Labute approximate surface area is 120 Å². The Morgan fingerprint density at radius 2 is 2.15 bits per heavy atom. The number of aromatic nitrogens is 4. The number of benzene rings is 1. The number of ether oxygens (including phenoxy) is 1. The SMILES string of the molecule is COCc1cc(-c2n[nH]c(=S)n2-c2ccccc2)no1. The molecule has 0 saturated carbocycles. The average Bonchev–Trinajstić information content (AvgIpc) is 3.07. The molecule has 1 aromatic carbocycles. The predicted molar refractivity (Wildman–Crippen MR) is 75.0 cm³/mol. The van der Waals surface area contributed by atoms with Crippen LogP contribution in [0.5, 0.6) is 0 Å². The van der Waals surface area contributed by atoms with Crippen LogP contribution in [-0.4, -0.2) is 27.0 Å². The van der Waals surface area contributed by atoms with Crippen molar-refractivity contribution in [2.24, 2.45) is 0 Å². The monoisotopic (exact) mass is 288 g/mol. The highest BCUT2D eigenvalue weighted by molar-refractivity contribution is 7.71. The topological polar surface area (TPSA) is 68.9 Å². The smallest absolute Gasteiger partial charge is 0.200 e. The van der Waals surface area contributed by atoms with Gasteiger partial charge >= 0.3 is 0 Å². The van der Waals surface area contributed by atoms with Gasteiger partial charge in [-0.1, -0.05) is 23.4 Å². The zero-order valence-electron chi connectivity index (χ0n) is 10.7. The van der Waals surface area contributed by atoms with E-state index >= 15 is 0 Å². The van der Waals surface area contributed by atoms with Crippen LogP contribution in [0.2, 0.25) is 0 Å². The van der Waals surface area contributed by atoms with Crippen LogP contribution < -0.4 is 0 Å². The lowest BCUT2D eigenvalue weighted by atomic mass is 10.3. The van der Waals surface area contributed by atoms with Crippen LogP contribution in [0, 0.1) is 4.77 Å². The van der Waals surface area contributed by atoms with Crippen molar-refractivity contribution in [1.29, 1.82) is 0 Å². The fourth-order valence-corrected chi connectivity index (χ4v) is 2.15. The summed E-state index contributed by atoms with van der Waals surface area (Å²) in [6.45, 7) is 0.365. The molecule has 6 nitrogen and oxygen atoms in total. The average molecular weight is 288 g/mol. The molecule has 0 radical (unpaired) electrons. The molecule has 2 heterocycles. The number of aromatic amines is 1. The first-order chi connectivity index (χ1) is 9.79. The largest absolute Gasteiger partial charge is 0.377 e. The van der Waals surface area contributed by atoms with Gasteiger partial charge in [-0.05, 0) is 24.4 Å². The van der Waals surface area contributed by atoms with Crippen molar-refractivity contribution in [2.45, 2.75) is 6.61 Å². The van der Waals surface area contributed by atoms with E-state index < -0.39 is 0 Å². The van der Waals surface area contributed by atoms with Gasteiger partial charge in [0.2, 0.25) is 0 Å². The van der Waals surface area contributed by atoms with Crippen molar-refractivity contribution >= 4 is 12.2 Å². The van der Waals surface area contributed by atoms with E-state index in [-0.39, 0.29) is 0 Å². The van der Waals surface area contributed by atoms with E-state index in [1.807, 2.05) is 34.9 Å². The lowest BCUT2D eigenvalue weighted by Crippen LogP contribution is -1.97. The molecule has 0 unspecified atom stereocenters. The number of hydrogen-bond acceptors (Lipinski definition) is 5. The van der Waals surface area contributed by atoms with E-state index in [1.54, 1.807) is 13.2 Å². The highest BCUT2D eigenvalue weighted by atomic mass is 32.1. The summed E-state index contributed by atoms with van der Waals surface area (Å²) in [7, 11) is 1.60. The summed E-state index contributed by atoms with van der Waals surface area (Å²) in [5, 5.41) is 11.0. The molecular formula is C13H12N4O2S. The Morgan fingerprint density at radius 1 is 1.35 bits per heavy atom. The third-order valence-corrected chi connectivity index (χ3v) is 3.04. The predicted octanol–water partition coefficient (Wildman–Crippen LogP) is 2.73. The molecule has 7 heteroatoms. The molecular weight excluding hydrogens is 276 g/mol.